The maximum Gasteiger partial charge on any atom is 0.432 e. The standard InChI is InChI=1S/C32H21F9O/c1-2-3-4-5-19-13-26(35)30(27(36)14-19)32(40,41)42-22-10-9-20(24(33)17-22)8-6-18-7-11-23(25(34)12-18)21-15-28(37)31(39)29(38)16-21/h7,9-17H,2-5H2,1H3. The Morgan fingerprint density at radius 3 is 1.93 bits per heavy atom. The molecule has 4 aromatic rings. The van der Waals surface area contributed by atoms with Crippen LogP contribution in [0.1, 0.15) is 48.4 Å². The number of ether oxygens (including phenoxy) is 1. The van der Waals surface area contributed by atoms with Crippen LogP contribution < -0.4 is 4.74 Å². The molecule has 0 fully saturated rings. The molecule has 4 rings (SSSR count). The summed E-state index contributed by atoms with van der Waals surface area (Å²) in [6.45, 7) is 1.94. The summed E-state index contributed by atoms with van der Waals surface area (Å²) in [6, 6.07) is 8.61. The number of halogens is 9. The fraction of sp³-hybridized carbons (Fsp3) is 0.188. The number of hydrogen-bond acceptors (Lipinski definition) is 1. The fourth-order valence-corrected chi connectivity index (χ4v) is 4.16. The summed E-state index contributed by atoms with van der Waals surface area (Å²) in [4.78, 5) is 0. The number of alkyl halides is 2. The van der Waals surface area contributed by atoms with Crippen LogP contribution in [0.3, 0.4) is 0 Å². The average Bonchev–Trinajstić information content (AvgIpc) is 2.90. The minimum atomic E-state index is -4.47. The van der Waals surface area contributed by atoms with Gasteiger partial charge >= 0.3 is 6.11 Å². The molecule has 0 amide bonds. The maximum atomic E-state index is 14.7. The molecule has 218 valence electrons. The van der Waals surface area contributed by atoms with Crippen molar-refractivity contribution >= 4 is 0 Å². The molecule has 0 aliphatic heterocycles. The highest BCUT2D eigenvalue weighted by molar-refractivity contribution is 5.65. The summed E-state index contributed by atoms with van der Waals surface area (Å²) in [7, 11) is 0. The van der Waals surface area contributed by atoms with Gasteiger partial charge in [0, 0.05) is 17.2 Å². The van der Waals surface area contributed by atoms with E-state index in [9.17, 15) is 39.5 Å². The molecule has 0 saturated carbocycles. The molecular weight excluding hydrogens is 571 g/mol. The third-order valence-corrected chi connectivity index (χ3v) is 6.25. The molecule has 1 nitrogen and oxygen atoms in total. The third-order valence-electron chi connectivity index (χ3n) is 6.25. The number of unbranched alkanes of at least 4 members (excludes halogenated alkanes) is 2. The van der Waals surface area contributed by atoms with E-state index >= 15 is 0 Å². The van der Waals surface area contributed by atoms with Crippen LogP contribution in [0.15, 0.2) is 60.7 Å². The van der Waals surface area contributed by atoms with Gasteiger partial charge in [0.05, 0.1) is 5.56 Å². The fourth-order valence-electron chi connectivity index (χ4n) is 4.16. The van der Waals surface area contributed by atoms with Crippen molar-refractivity contribution in [2.45, 2.75) is 38.7 Å². The zero-order valence-corrected chi connectivity index (χ0v) is 21.9. The van der Waals surface area contributed by atoms with Gasteiger partial charge in [-0.2, -0.15) is 8.78 Å². The molecule has 10 heteroatoms. The normalized spacial score (nSPS) is 11.3. The number of hydrogen-bond donors (Lipinski definition) is 0. The number of rotatable bonds is 8. The zero-order valence-electron chi connectivity index (χ0n) is 21.9. The van der Waals surface area contributed by atoms with E-state index in [1.165, 1.54) is 6.07 Å². The van der Waals surface area contributed by atoms with Gasteiger partial charge in [-0.25, -0.2) is 30.7 Å². The molecule has 0 bridgehead atoms. The molecule has 0 atom stereocenters. The summed E-state index contributed by atoms with van der Waals surface area (Å²) < 4.78 is 132. The molecule has 0 unspecified atom stereocenters. The molecule has 4 aromatic carbocycles. The first-order chi connectivity index (χ1) is 19.9. The zero-order chi connectivity index (χ0) is 30.6. The van der Waals surface area contributed by atoms with Crippen molar-refractivity contribution in [2.24, 2.45) is 0 Å². The number of aryl methyl sites for hydroxylation is 1. The van der Waals surface area contributed by atoms with E-state index in [4.69, 9.17) is 0 Å². The van der Waals surface area contributed by atoms with Crippen LogP contribution in [0.4, 0.5) is 39.5 Å². The van der Waals surface area contributed by atoms with Crippen molar-refractivity contribution in [2.75, 3.05) is 0 Å². The Morgan fingerprint density at radius 1 is 0.667 bits per heavy atom. The van der Waals surface area contributed by atoms with Gasteiger partial charge in [-0.05, 0) is 72.5 Å². The predicted molar refractivity (Wildman–Crippen MR) is 138 cm³/mol. The largest absolute Gasteiger partial charge is 0.432 e. The quantitative estimate of drug-likeness (QED) is 0.0857. The van der Waals surface area contributed by atoms with Crippen LogP contribution >= 0.6 is 0 Å². The van der Waals surface area contributed by atoms with Crippen LogP contribution in [0, 0.1) is 52.6 Å². The molecule has 0 radical (unpaired) electrons. The molecule has 0 aliphatic rings. The van der Waals surface area contributed by atoms with Crippen LogP contribution in [0.2, 0.25) is 0 Å². The third kappa shape index (κ3) is 6.90. The lowest BCUT2D eigenvalue weighted by Gasteiger charge is -2.20. The lowest BCUT2D eigenvalue weighted by Crippen LogP contribution is -2.25. The second-order valence-corrected chi connectivity index (χ2v) is 9.35. The summed E-state index contributed by atoms with van der Waals surface area (Å²) in [5.41, 5.74) is -2.17. The summed E-state index contributed by atoms with van der Waals surface area (Å²) in [6.07, 6.45) is -1.85. The van der Waals surface area contributed by atoms with Crippen molar-refractivity contribution in [1.29, 1.82) is 0 Å². The van der Waals surface area contributed by atoms with Crippen LogP contribution in [0.25, 0.3) is 11.1 Å². The van der Waals surface area contributed by atoms with E-state index in [1.54, 1.807) is 0 Å². The van der Waals surface area contributed by atoms with Crippen molar-refractivity contribution < 1.29 is 44.3 Å². The summed E-state index contributed by atoms with van der Waals surface area (Å²) in [5.74, 6) is -5.65. The topological polar surface area (TPSA) is 9.23 Å². The predicted octanol–water partition coefficient (Wildman–Crippen LogP) is 9.59. The first-order valence-corrected chi connectivity index (χ1v) is 12.7. The Hall–Kier alpha value is -4.39. The molecule has 0 aliphatic carbocycles. The van der Waals surface area contributed by atoms with Crippen molar-refractivity contribution in [3.63, 3.8) is 0 Å². The summed E-state index contributed by atoms with van der Waals surface area (Å²) in [5, 5.41) is 0. The first kappa shape index (κ1) is 30.6. The monoisotopic (exact) mass is 592 g/mol. The van der Waals surface area contributed by atoms with Gasteiger partial charge in [0.25, 0.3) is 0 Å². The van der Waals surface area contributed by atoms with Gasteiger partial charge < -0.3 is 4.74 Å². The Morgan fingerprint density at radius 2 is 1.33 bits per heavy atom. The van der Waals surface area contributed by atoms with Gasteiger partial charge in [-0.1, -0.05) is 37.7 Å². The highest BCUT2D eigenvalue weighted by Crippen LogP contribution is 2.36. The molecule has 0 spiro atoms. The van der Waals surface area contributed by atoms with Gasteiger partial charge in [0.15, 0.2) is 17.5 Å². The van der Waals surface area contributed by atoms with E-state index in [2.05, 4.69) is 16.6 Å². The van der Waals surface area contributed by atoms with E-state index in [1.807, 2.05) is 6.92 Å². The molecule has 0 heterocycles. The molecule has 42 heavy (non-hydrogen) atoms. The van der Waals surface area contributed by atoms with Crippen LogP contribution in [-0.4, -0.2) is 0 Å². The highest BCUT2D eigenvalue weighted by atomic mass is 19.3. The second kappa shape index (κ2) is 12.6. The van der Waals surface area contributed by atoms with E-state index < -0.39 is 58.1 Å². The Bertz CT molecular complexity index is 1640. The van der Waals surface area contributed by atoms with Gasteiger partial charge in [-0.3, -0.25) is 0 Å². The van der Waals surface area contributed by atoms with Crippen molar-refractivity contribution in [1.82, 2.24) is 0 Å². The first-order valence-electron chi connectivity index (χ1n) is 12.7. The number of benzene rings is 4. The Labute approximate surface area is 235 Å². The smallest absolute Gasteiger partial charge is 0.429 e. The van der Waals surface area contributed by atoms with Gasteiger partial charge in [0.2, 0.25) is 0 Å². The SMILES string of the molecule is CCCCCc1cc(F)c(C(F)(F)Oc2ccc(C#Cc3ccc(-c4cc(F)c(F)c(F)c4)c(F)c3)c(F)c2)c(F)c1. The van der Waals surface area contributed by atoms with Crippen molar-refractivity contribution in [3.8, 4) is 28.7 Å². The van der Waals surface area contributed by atoms with Gasteiger partial charge in [-0.15, -0.1) is 0 Å². The molecule has 0 aromatic heterocycles. The Kier molecular flexibility index (Phi) is 9.20. The maximum absolute atomic E-state index is 14.7. The Balaban J connectivity index is 1.51. The summed E-state index contributed by atoms with van der Waals surface area (Å²) >= 11 is 0. The molecule has 0 N–H and O–H groups in total. The minimum Gasteiger partial charge on any atom is -0.429 e. The lowest BCUT2D eigenvalue weighted by atomic mass is 10.0. The second-order valence-electron chi connectivity index (χ2n) is 9.35. The average molecular weight is 593 g/mol. The van der Waals surface area contributed by atoms with E-state index in [0.717, 1.165) is 49.2 Å². The van der Waals surface area contributed by atoms with Crippen molar-refractivity contribution in [3.05, 3.63) is 124 Å². The highest BCUT2D eigenvalue weighted by Gasteiger charge is 2.41. The van der Waals surface area contributed by atoms with Crippen LogP contribution in [0.5, 0.6) is 5.75 Å². The van der Waals surface area contributed by atoms with Gasteiger partial charge in [0.1, 0.15) is 34.6 Å². The molecular formula is C32H21F9O. The lowest BCUT2D eigenvalue weighted by molar-refractivity contribution is -0.189. The molecule has 0 saturated heterocycles. The van der Waals surface area contributed by atoms with E-state index in [-0.39, 0.29) is 27.8 Å². The van der Waals surface area contributed by atoms with Crippen LogP contribution in [-0.2, 0) is 12.5 Å². The van der Waals surface area contributed by atoms with E-state index in [0.29, 0.717) is 31.0 Å². The minimum absolute atomic E-state index is 0.0228.